The molecular formula is C20H24N3O2S2+. The lowest BCUT2D eigenvalue weighted by Crippen LogP contribution is -3.14. The van der Waals surface area contributed by atoms with E-state index < -0.39 is 5.91 Å². The predicted molar refractivity (Wildman–Crippen MR) is 108 cm³/mol. The zero-order valence-corrected chi connectivity index (χ0v) is 16.8. The third kappa shape index (κ3) is 3.11. The number of primary amides is 1. The maximum absolute atomic E-state index is 12.8. The zero-order chi connectivity index (χ0) is 18.5. The average Bonchev–Trinajstić information content (AvgIpc) is 3.01. The largest absolute Gasteiger partial charge is 0.365 e. The number of rotatable bonds is 5. The molecule has 3 aliphatic rings. The van der Waals surface area contributed by atoms with Crippen LogP contribution in [0, 0.1) is 5.92 Å². The molecule has 5 rings (SSSR count). The monoisotopic (exact) mass is 402 g/mol. The van der Waals surface area contributed by atoms with Crippen molar-refractivity contribution in [2.75, 3.05) is 18.4 Å². The van der Waals surface area contributed by atoms with Crippen LogP contribution in [0.1, 0.15) is 56.5 Å². The maximum atomic E-state index is 12.8. The summed E-state index contributed by atoms with van der Waals surface area (Å²) in [5.41, 5.74) is 8.69. The summed E-state index contributed by atoms with van der Waals surface area (Å²) in [5, 5.41) is 5.88. The Morgan fingerprint density at radius 1 is 1.22 bits per heavy atom. The van der Waals surface area contributed by atoms with E-state index in [0.717, 1.165) is 37.8 Å². The number of thiophene rings is 2. The summed E-state index contributed by atoms with van der Waals surface area (Å²) in [7, 11) is 0. The van der Waals surface area contributed by atoms with Crippen molar-refractivity contribution in [3.63, 3.8) is 0 Å². The van der Waals surface area contributed by atoms with Gasteiger partial charge in [-0.1, -0.05) is 0 Å². The van der Waals surface area contributed by atoms with Crippen molar-refractivity contribution in [2.45, 2.75) is 44.6 Å². The molecular weight excluding hydrogens is 378 g/mol. The summed E-state index contributed by atoms with van der Waals surface area (Å²) in [6, 6.07) is 2.71. The molecule has 0 aromatic carbocycles. The minimum Gasteiger partial charge on any atom is -0.365 e. The van der Waals surface area contributed by atoms with Gasteiger partial charge in [0.05, 0.1) is 12.1 Å². The van der Waals surface area contributed by atoms with E-state index in [9.17, 15) is 9.59 Å². The van der Waals surface area contributed by atoms with Gasteiger partial charge in [-0.3, -0.25) is 9.59 Å². The molecule has 1 fully saturated rings. The van der Waals surface area contributed by atoms with Crippen LogP contribution in [0.5, 0.6) is 0 Å². The van der Waals surface area contributed by atoms with Crippen LogP contribution in [0.25, 0.3) is 0 Å². The molecule has 4 N–H and O–H groups in total. The quantitative estimate of drug-likeness (QED) is 0.715. The number of hydrogen-bond donors (Lipinski definition) is 3. The van der Waals surface area contributed by atoms with E-state index in [-0.39, 0.29) is 5.91 Å². The first kappa shape index (κ1) is 17.4. The van der Waals surface area contributed by atoms with E-state index in [1.807, 2.05) is 11.3 Å². The van der Waals surface area contributed by atoms with E-state index in [4.69, 9.17) is 5.73 Å². The Morgan fingerprint density at radius 2 is 2.07 bits per heavy atom. The van der Waals surface area contributed by atoms with Crippen LogP contribution in [0.4, 0.5) is 5.00 Å². The normalized spacial score (nSPS) is 23.7. The Labute approximate surface area is 166 Å². The predicted octanol–water partition coefficient (Wildman–Crippen LogP) is 1.93. The van der Waals surface area contributed by atoms with Crippen molar-refractivity contribution in [2.24, 2.45) is 11.7 Å². The van der Waals surface area contributed by atoms with Crippen LogP contribution in [-0.2, 0) is 24.1 Å². The van der Waals surface area contributed by atoms with Crippen LogP contribution >= 0.6 is 22.7 Å². The van der Waals surface area contributed by atoms with Gasteiger partial charge in [0.2, 0.25) is 0 Å². The highest BCUT2D eigenvalue weighted by Crippen LogP contribution is 2.42. The lowest BCUT2D eigenvalue weighted by atomic mass is 9.96. The van der Waals surface area contributed by atoms with Crippen molar-refractivity contribution < 1.29 is 14.5 Å². The number of anilines is 1. The maximum Gasteiger partial charge on any atom is 0.280 e. The highest BCUT2D eigenvalue weighted by molar-refractivity contribution is 7.17. The molecule has 2 atom stereocenters. The minimum absolute atomic E-state index is 0.00301. The standard InChI is InChI=1S/C20H23N3O2S2/c21-19(25)17-12-2-1-3-15(12)27-20(17)22-16(24)10-23-8-6-14-13(7-9-26-14)18(23)11-4-5-11/h7,9,11,18H,1-6,8,10H2,(H2,21,25)(H,22,24)/p+1/t18-/m1/s1. The molecule has 1 aliphatic heterocycles. The lowest BCUT2D eigenvalue weighted by molar-refractivity contribution is -0.928. The number of nitrogens with one attached hydrogen (secondary N) is 2. The average molecular weight is 403 g/mol. The SMILES string of the molecule is NC(=O)c1c(NC(=O)C[NH+]2CCc3sccc3[C@H]2C2CC2)sc2c1CCC2. The Kier molecular flexibility index (Phi) is 4.33. The number of carbonyl (C=O) groups is 2. The number of amides is 2. The van der Waals surface area contributed by atoms with E-state index in [1.54, 1.807) is 0 Å². The van der Waals surface area contributed by atoms with E-state index in [2.05, 4.69) is 16.8 Å². The number of nitrogens with two attached hydrogens (primary N) is 1. The van der Waals surface area contributed by atoms with Gasteiger partial charge in [-0.15, -0.1) is 22.7 Å². The van der Waals surface area contributed by atoms with Crippen LogP contribution in [0.15, 0.2) is 11.4 Å². The van der Waals surface area contributed by atoms with Crippen molar-refractivity contribution in [3.8, 4) is 0 Å². The van der Waals surface area contributed by atoms with Gasteiger partial charge >= 0.3 is 0 Å². The number of fused-ring (bicyclic) bond motifs is 2. The van der Waals surface area contributed by atoms with Gasteiger partial charge in [-0.2, -0.15) is 0 Å². The Balaban J connectivity index is 1.34. The van der Waals surface area contributed by atoms with E-state index in [0.29, 0.717) is 29.1 Å². The van der Waals surface area contributed by atoms with Crippen LogP contribution in [-0.4, -0.2) is 24.9 Å². The van der Waals surface area contributed by atoms with Gasteiger partial charge in [0, 0.05) is 27.7 Å². The van der Waals surface area contributed by atoms with Crippen LogP contribution in [0.3, 0.4) is 0 Å². The van der Waals surface area contributed by atoms with E-state index >= 15 is 0 Å². The summed E-state index contributed by atoms with van der Waals surface area (Å²) in [6.45, 7) is 1.46. The molecule has 2 aromatic heterocycles. The Hall–Kier alpha value is -1.70. The fraction of sp³-hybridized carbons (Fsp3) is 0.500. The van der Waals surface area contributed by atoms with E-state index in [1.165, 1.54) is 44.4 Å². The number of aryl methyl sites for hydroxylation is 1. The summed E-state index contributed by atoms with van der Waals surface area (Å²) in [4.78, 5) is 28.9. The first-order chi connectivity index (χ1) is 13.1. The highest BCUT2D eigenvalue weighted by atomic mass is 32.1. The molecule has 27 heavy (non-hydrogen) atoms. The molecule has 0 spiro atoms. The lowest BCUT2D eigenvalue weighted by Gasteiger charge is -2.32. The zero-order valence-electron chi connectivity index (χ0n) is 15.2. The summed E-state index contributed by atoms with van der Waals surface area (Å²) in [6.07, 6.45) is 6.54. The van der Waals surface area contributed by atoms with Crippen molar-refractivity contribution in [3.05, 3.63) is 37.9 Å². The second-order valence-electron chi connectivity index (χ2n) is 7.92. The topological polar surface area (TPSA) is 76.6 Å². The number of hydrogen-bond acceptors (Lipinski definition) is 4. The highest BCUT2D eigenvalue weighted by Gasteiger charge is 2.43. The first-order valence-corrected chi connectivity index (χ1v) is 11.5. The van der Waals surface area contributed by atoms with Gasteiger partial charge in [0.1, 0.15) is 11.0 Å². The summed E-state index contributed by atoms with van der Waals surface area (Å²) < 4.78 is 0. The van der Waals surface area contributed by atoms with Crippen molar-refractivity contribution in [1.82, 2.24) is 0 Å². The summed E-state index contributed by atoms with van der Waals surface area (Å²) >= 11 is 3.39. The molecule has 1 unspecified atom stereocenters. The van der Waals surface area contributed by atoms with Gasteiger partial charge in [0.15, 0.2) is 6.54 Å². The van der Waals surface area contributed by atoms with Gasteiger partial charge in [-0.25, -0.2) is 0 Å². The minimum atomic E-state index is -0.422. The molecule has 0 radical (unpaired) electrons. The number of quaternary nitrogens is 1. The fourth-order valence-corrected chi connectivity index (χ4v) is 7.07. The Bertz CT molecular complexity index is 912. The smallest absolute Gasteiger partial charge is 0.280 e. The molecule has 1 saturated carbocycles. The third-order valence-corrected chi connectivity index (χ3v) is 8.33. The van der Waals surface area contributed by atoms with Gasteiger partial charge < -0.3 is 16.0 Å². The Morgan fingerprint density at radius 3 is 2.85 bits per heavy atom. The summed E-state index contributed by atoms with van der Waals surface area (Å²) in [5.74, 6) is 0.290. The van der Waals surface area contributed by atoms with Crippen molar-refractivity contribution >= 4 is 39.5 Å². The molecule has 7 heteroatoms. The van der Waals surface area contributed by atoms with Gasteiger partial charge in [0.25, 0.3) is 11.8 Å². The molecule has 2 amide bonds. The first-order valence-electron chi connectivity index (χ1n) is 9.77. The van der Waals surface area contributed by atoms with Crippen LogP contribution in [0.2, 0.25) is 0 Å². The second-order valence-corrected chi connectivity index (χ2v) is 10.0. The third-order valence-electron chi connectivity index (χ3n) is 6.13. The number of carbonyl (C=O) groups excluding carboxylic acids is 2. The molecule has 5 nitrogen and oxygen atoms in total. The molecule has 142 valence electrons. The molecule has 0 bridgehead atoms. The van der Waals surface area contributed by atoms with Gasteiger partial charge in [-0.05, 0) is 49.1 Å². The molecule has 3 heterocycles. The molecule has 0 saturated heterocycles. The fourth-order valence-electron chi connectivity index (χ4n) is 4.83. The second kappa shape index (κ2) is 6.72. The molecule has 2 aliphatic carbocycles. The van der Waals surface area contributed by atoms with Crippen LogP contribution < -0.4 is 16.0 Å². The molecule has 2 aromatic rings. The van der Waals surface area contributed by atoms with Crippen molar-refractivity contribution in [1.29, 1.82) is 0 Å².